The van der Waals surface area contributed by atoms with Crippen LogP contribution in [0, 0.1) is 12.7 Å². The van der Waals surface area contributed by atoms with Crippen molar-refractivity contribution in [3.63, 3.8) is 0 Å². The van der Waals surface area contributed by atoms with Gasteiger partial charge in [0.1, 0.15) is 17.7 Å². The summed E-state index contributed by atoms with van der Waals surface area (Å²) in [7, 11) is 0. The lowest BCUT2D eigenvalue weighted by Crippen LogP contribution is -2.46. The maximum absolute atomic E-state index is 13.0. The van der Waals surface area contributed by atoms with E-state index in [1.165, 1.54) is 12.1 Å². The van der Waals surface area contributed by atoms with Gasteiger partial charge in [-0.05, 0) is 43.5 Å². The molecule has 1 aliphatic rings. The molecule has 5 heteroatoms. The predicted octanol–water partition coefficient (Wildman–Crippen LogP) is 1.46. The Labute approximate surface area is 112 Å². The summed E-state index contributed by atoms with van der Waals surface area (Å²) in [4.78, 5) is 13.3. The van der Waals surface area contributed by atoms with Crippen molar-refractivity contribution in [3.8, 4) is 5.75 Å². The van der Waals surface area contributed by atoms with Crippen LogP contribution in [0.5, 0.6) is 5.75 Å². The van der Waals surface area contributed by atoms with E-state index in [-0.39, 0.29) is 24.4 Å². The first-order valence-electron chi connectivity index (χ1n) is 6.51. The van der Waals surface area contributed by atoms with E-state index in [1.54, 1.807) is 11.0 Å². The number of nitrogens with zero attached hydrogens (tertiary/aromatic N) is 1. The predicted molar refractivity (Wildman–Crippen MR) is 70.4 cm³/mol. The van der Waals surface area contributed by atoms with E-state index in [2.05, 4.69) is 0 Å². The van der Waals surface area contributed by atoms with Crippen molar-refractivity contribution < 1.29 is 13.9 Å². The van der Waals surface area contributed by atoms with Crippen LogP contribution in [0.4, 0.5) is 4.39 Å². The maximum Gasteiger partial charge on any atom is 0.236 e. The zero-order chi connectivity index (χ0) is 13.8. The number of halogens is 1. The van der Waals surface area contributed by atoms with Gasteiger partial charge in [-0.25, -0.2) is 4.39 Å². The summed E-state index contributed by atoms with van der Waals surface area (Å²) in [5.41, 5.74) is 6.13. The number of hydrogen-bond acceptors (Lipinski definition) is 3. The smallest absolute Gasteiger partial charge is 0.236 e. The quantitative estimate of drug-likeness (QED) is 0.901. The molecule has 1 amide bonds. The van der Waals surface area contributed by atoms with Crippen LogP contribution in [0.3, 0.4) is 0 Å². The Morgan fingerprint density at radius 1 is 1.58 bits per heavy atom. The molecule has 1 aromatic rings. The lowest BCUT2D eigenvalue weighted by molar-refractivity contribution is -0.132. The Kier molecular flexibility index (Phi) is 4.37. The van der Waals surface area contributed by atoms with Gasteiger partial charge in [0, 0.05) is 6.54 Å². The number of nitrogens with two attached hydrogens (primary N) is 1. The van der Waals surface area contributed by atoms with Gasteiger partial charge < -0.3 is 15.4 Å². The van der Waals surface area contributed by atoms with Crippen LogP contribution in [0.2, 0.25) is 0 Å². The normalized spacial score (nSPS) is 19.3. The van der Waals surface area contributed by atoms with E-state index >= 15 is 0 Å². The van der Waals surface area contributed by atoms with Crippen molar-refractivity contribution in [3.05, 3.63) is 29.6 Å². The average Bonchev–Trinajstić information content (AvgIpc) is 2.41. The summed E-state index contributed by atoms with van der Waals surface area (Å²) >= 11 is 0. The van der Waals surface area contributed by atoms with Gasteiger partial charge in [0.2, 0.25) is 5.91 Å². The largest absolute Gasteiger partial charge is 0.488 e. The van der Waals surface area contributed by atoms with Gasteiger partial charge in [0.05, 0.1) is 13.1 Å². The summed E-state index contributed by atoms with van der Waals surface area (Å²) in [5.74, 6) is 0.353. The SMILES string of the molecule is Cc1cc(F)ccc1OC1CCCN(C(=O)CN)C1. The summed E-state index contributed by atoms with van der Waals surface area (Å²) < 4.78 is 18.9. The van der Waals surface area contributed by atoms with Gasteiger partial charge >= 0.3 is 0 Å². The molecule has 104 valence electrons. The molecule has 2 rings (SSSR count). The van der Waals surface area contributed by atoms with Crippen molar-refractivity contribution in [1.82, 2.24) is 4.90 Å². The first-order valence-corrected chi connectivity index (χ1v) is 6.51. The summed E-state index contributed by atoms with van der Waals surface area (Å²) in [5, 5.41) is 0. The fraction of sp³-hybridized carbons (Fsp3) is 0.500. The number of carbonyl (C=O) groups is 1. The number of carbonyl (C=O) groups excluding carboxylic acids is 1. The molecule has 19 heavy (non-hydrogen) atoms. The van der Waals surface area contributed by atoms with Crippen LogP contribution in [0.1, 0.15) is 18.4 Å². The van der Waals surface area contributed by atoms with Crippen LogP contribution in [0.15, 0.2) is 18.2 Å². The monoisotopic (exact) mass is 266 g/mol. The molecule has 1 heterocycles. The average molecular weight is 266 g/mol. The molecule has 4 nitrogen and oxygen atoms in total. The third kappa shape index (κ3) is 3.44. The van der Waals surface area contributed by atoms with Crippen LogP contribution < -0.4 is 10.5 Å². The molecule has 0 aliphatic carbocycles. The molecule has 0 saturated carbocycles. The molecule has 1 saturated heterocycles. The molecule has 2 N–H and O–H groups in total. The fourth-order valence-corrected chi connectivity index (χ4v) is 2.31. The molecule has 0 aromatic heterocycles. The standard InChI is InChI=1S/C14H19FN2O2/c1-10-7-11(15)4-5-13(10)19-12-3-2-6-17(9-12)14(18)8-16/h4-5,7,12H,2-3,6,8-9,16H2,1H3. The minimum Gasteiger partial charge on any atom is -0.488 e. The molecule has 1 aromatic carbocycles. The molecule has 1 atom stereocenters. The Balaban J connectivity index is 2.00. The van der Waals surface area contributed by atoms with Gasteiger partial charge in [-0.2, -0.15) is 0 Å². The van der Waals surface area contributed by atoms with E-state index in [9.17, 15) is 9.18 Å². The number of aryl methyl sites for hydroxylation is 1. The van der Waals surface area contributed by atoms with Gasteiger partial charge in [-0.15, -0.1) is 0 Å². The lowest BCUT2D eigenvalue weighted by atomic mass is 10.1. The zero-order valence-electron chi connectivity index (χ0n) is 11.1. The zero-order valence-corrected chi connectivity index (χ0v) is 11.1. The fourth-order valence-electron chi connectivity index (χ4n) is 2.31. The van der Waals surface area contributed by atoms with E-state index in [4.69, 9.17) is 10.5 Å². The van der Waals surface area contributed by atoms with E-state index < -0.39 is 0 Å². The molecule has 1 aliphatic heterocycles. The van der Waals surface area contributed by atoms with E-state index in [1.807, 2.05) is 6.92 Å². The second-order valence-corrected chi connectivity index (χ2v) is 4.84. The van der Waals surface area contributed by atoms with Gasteiger partial charge in [-0.1, -0.05) is 0 Å². The van der Waals surface area contributed by atoms with E-state index in [0.29, 0.717) is 12.3 Å². The lowest BCUT2D eigenvalue weighted by Gasteiger charge is -2.33. The van der Waals surface area contributed by atoms with Gasteiger partial charge in [0.15, 0.2) is 0 Å². The van der Waals surface area contributed by atoms with E-state index in [0.717, 1.165) is 24.9 Å². The minimum absolute atomic E-state index is 0.0301. The third-order valence-corrected chi connectivity index (χ3v) is 3.34. The molecule has 1 unspecified atom stereocenters. The second kappa shape index (κ2) is 6.02. The van der Waals surface area contributed by atoms with Crippen LogP contribution in [-0.2, 0) is 4.79 Å². The van der Waals surface area contributed by atoms with Crippen molar-refractivity contribution in [2.24, 2.45) is 5.73 Å². The summed E-state index contributed by atoms with van der Waals surface area (Å²) in [6.45, 7) is 3.12. The van der Waals surface area contributed by atoms with Crippen LogP contribution >= 0.6 is 0 Å². The van der Waals surface area contributed by atoms with Crippen molar-refractivity contribution >= 4 is 5.91 Å². The molecule has 0 bridgehead atoms. The highest BCUT2D eigenvalue weighted by Gasteiger charge is 2.24. The first-order chi connectivity index (χ1) is 9.10. The minimum atomic E-state index is -0.270. The third-order valence-electron chi connectivity index (χ3n) is 3.34. The highest BCUT2D eigenvalue weighted by molar-refractivity contribution is 5.78. The maximum atomic E-state index is 13.0. The number of ether oxygens (including phenoxy) is 1. The van der Waals surface area contributed by atoms with Crippen LogP contribution in [0.25, 0.3) is 0 Å². The number of amides is 1. The summed E-state index contributed by atoms with van der Waals surface area (Å²) in [6.07, 6.45) is 1.75. The van der Waals surface area contributed by atoms with Gasteiger partial charge in [0.25, 0.3) is 0 Å². The molecular weight excluding hydrogens is 247 g/mol. The Morgan fingerprint density at radius 3 is 3.05 bits per heavy atom. The number of piperidine rings is 1. The topological polar surface area (TPSA) is 55.6 Å². The molecule has 0 spiro atoms. The molecule has 1 fully saturated rings. The number of likely N-dealkylation sites (tertiary alicyclic amines) is 1. The second-order valence-electron chi connectivity index (χ2n) is 4.84. The van der Waals surface area contributed by atoms with Gasteiger partial charge in [-0.3, -0.25) is 4.79 Å². The number of rotatable bonds is 3. The Bertz CT molecular complexity index is 465. The van der Waals surface area contributed by atoms with Crippen LogP contribution in [-0.4, -0.2) is 36.5 Å². The first kappa shape index (κ1) is 13.8. The van der Waals surface area contributed by atoms with Crippen molar-refractivity contribution in [2.75, 3.05) is 19.6 Å². The molecule has 0 radical (unpaired) electrons. The Morgan fingerprint density at radius 2 is 2.37 bits per heavy atom. The van der Waals surface area contributed by atoms with Crippen molar-refractivity contribution in [1.29, 1.82) is 0 Å². The number of benzene rings is 1. The number of hydrogen-bond donors (Lipinski definition) is 1. The summed E-state index contributed by atoms with van der Waals surface area (Å²) in [6, 6.07) is 4.46. The highest BCUT2D eigenvalue weighted by atomic mass is 19.1. The highest BCUT2D eigenvalue weighted by Crippen LogP contribution is 2.23. The molecular formula is C14H19FN2O2. The Hall–Kier alpha value is -1.62. The van der Waals surface area contributed by atoms with Crippen molar-refractivity contribution in [2.45, 2.75) is 25.9 Å².